The van der Waals surface area contributed by atoms with Crippen LogP contribution in [0.3, 0.4) is 0 Å². The first kappa shape index (κ1) is 22.2. The molecule has 8 nitrogen and oxygen atoms in total. The van der Waals surface area contributed by atoms with Crippen LogP contribution in [-0.2, 0) is 0 Å². The molecule has 1 aromatic carbocycles. The molecule has 0 spiro atoms. The summed E-state index contributed by atoms with van der Waals surface area (Å²) >= 11 is 1.41. The highest BCUT2D eigenvalue weighted by Crippen LogP contribution is 2.41. The number of carbonyl (C=O) groups excluding carboxylic acids is 2. The molecule has 1 N–H and O–H groups in total. The van der Waals surface area contributed by atoms with Crippen LogP contribution in [0.5, 0.6) is 0 Å². The third-order valence-electron chi connectivity index (χ3n) is 6.09. The standard InChI is InChI=1S/C25H26N6O2S/c1-15-14-16(2)31-25(26-15)27-21(29-31)22(32)28-23-19(24(33)30-12-8-5-9-13-30)17(3)20(34-23)18-10-6-4-7-11-18/h4,6-7,10-11,14H,5,8-9,12-13H2,1-3H3,(H,28,32). The third kappa shape index (κ3) is 4.07. The molecular formula is C25H26N6O2S. The molecule has 0 radical (unpaired) electrons. The van der Waals surface area contributed by atoms with E-state index >= 15 is 0 Å². The van der Waals surface area contributed by atoms with Gasteiger partial charge in [-0.1, -0.05) is 30.3 Å². The largest absolute Gasteiger partial charge is 0.339 e. The zero-order valence-electron chi connectivity index (χ0n) is 19.5. The van der Waals surface area contributed by atoms with E-state index in [-0.39, 0.29) is 11.7 Å². The van der Waals surface area contributed by atoms with Gasteiger partial charge in [0.1, 0.15) is 5.00 Å². The van der Waals surface area contributed by atoms with Crippen molar-refractivity contribution in [3.8, 4) is 10.4 Å². The Balaban J connectivity index is 1.54. The van der Waals surface area contributed by atoms with E-state index in [1.54, 1.807) is 4.52 Å². The van der Waals surface area contributed by atoms with E-state index in [0.717, 1.165) is 59.7 Å². The van der Waals surface area contributed by atoms with E-state index in [0.29, 0.717) is 16.3 Å². The molecule has 174 valence electrons. The second-order valence-electron chi connectivity index (χ2n) is 8.62. The van der Waals surface area contributed by atoms with Crippen LogP contribution in [0.15, 0.2) is 36.4 Å². The number of aromatic nitrogens is 4. The van der Waals surface area contributed by atoms with Gasteiger partial charge in [0.25, 0.3) is 17.6 Å². The Morgan fingerprint density at radius 2 is 1.74 bits per heavy atom. The van der Waals surface area contributed by atoms with Gasteiger partial charge >= 0.3 is 0 Å². The Morgan fingerprint density at radius 3 is 2.47 bits per heavy atom. The highest BCUT2D eigenvalue weighted by atomic mass is 32.1. The van der Waals surface area contributed by atoms with E-state index in [1.807, 2.05) is 62.1 Å². The number of piperidine rings is 1. The maximum Gasteiger partial charge on any atom is 0.296 e. The second-order valence-corrected chi connectivity index (χ2v) is 9.64. The summed E-state index contributed by atoms with van der Waals surface area (Å²) in [4.78, 5) is 38.3. The van der Waals surface area contributed by atoms with Crippen molar-refractivity contribution in [2.45, 2.75) is 40.0 Å². The van der Waals surface area contributed by atoms with Crippen LogP contribution in [0.25, 0.3) is 16.2 Å². The lowest BCUT2D eigenvalue weighted by Gasteiger charge is -2.27. The van der Waals surface area contributed by atoms with Gasteiger partial charge in [-0.3, -0.25) is 9.59 Å². The number of nitrogens with zero attached hydrogens (tertiary/aromatic N) is 5. The van der Waals surface area contributed by atoms with Crippen LogP contribution >= 0.6 is 11.3 Å². The fraction of sp³-hybridized carbons (Fsp3) is 0.320. The van der Waals surface area contributed by atoms with Gasteiger partial charge in [0.05, 0.1) is 5.56 Å². The van der Waals surface area contributed by atoms with Crippen molar-refractivity contribution in [1.29, 1.82) is 0 Å². The van der Waals surface area contributed by atoms with Gasteiger partial charge in [0.15, 0.2) is 0 Å². The number of rotatable bonds is 4. The predicted octanol–water partition coefficient (Wildman–Crippen LogP) is 4.66. The molecule has 1 saturated heterocycles. The summed E-state index contributed by atoms with van der Waals surface area (Å²) in [5, 5.41) is 7.81. The van der Waals surface area contributed by atoms with E-state index in [9.17, 15) is 9.59 Å². The molecule has 0 atom stereocenters. The minimum atomic E-state index is -0.462. The zero-order chi connectivity index (χ0) is 23.8. The first-order chi connectivity index (χ1) is 16.4. The van der Waals surface area contributed by atoms with Crippen molar-refractivity contribution >= 4 is 33.9 Å². The number of amides is 2. The number of thiophene rings is 1. The van der Waals surface area contributed by atoms with Gasteiger partial charge in [-0.05, 0) is 57.2 Å². The van der Waals surface area contributed by atoms with Crippen molar-refractivity contribution in [2.75, 3.05) is 18.4 Å². The van der Waals surface area contributed by atoms with E-state index in [4.69, 9.17) is 0 Å². The van der Waals surface area contributed by atoms with Crippen molar-refractivity contribution in [3.63, 3.8) is 0 Å². The van der Waals surface area contributed by atoms with Crippen molar-refractivity contribution in [2.24, 2.45) is 0 Å². The molecule has 5 rings (SSSR count). The Kier molecular flexibility index (Phi) is 5.87. The van der Waals surface area contributed by atoms with Crippen molar-refractivity contribution in [3.05, 3.63) is 64.7 Å². The molecule has 4 aromatic rings. The summed E-state index contributed by atoms with van der Waals surface area (Å²) in [5.74, 6) is -0.109. The van der Waals surface area contributed by atoms with Gasteiger partial charge in [0, 0.05) is 29.4 Å². The summed E-state index contributed by atoms with van der Waals surface area (Å²) in [6.45, 7) is 7.19. The number of anilines is 1. The summed E-state index contributed by atoms with van der Waals surface area (Å²) < 4.78 is 1.55. The van der Waals surface area contributed by atoms with Crippen LogP contribution in [-0.4, -0.2) is 49.4 Å². The predicted molar refractivity (Wildman–Crippen MR) is 132 cm³/mol. The van der Waals surface area contributed by atoms with Gasteiger partial charge in [-0.2, -0.15) is 4.98 Å². The Hall–Kier alpha value is -3.59. The molecule has 34 heavy (non-hydrogen) atoms. The smallest absolute Gasteiger partial charge is 0.296 e. The Labute approximate surface area is 201 Å². The maximum atomic E-state index is 13.6. The number of hydrogen-bond acceptors (Lipinski definition) is 6. The summed E-state index contributed by atoms with van der Waals surface area (Å²) in [5.41, 5.74) is 4.08. The number of fused-ring (bicyclic) bond motifs is 1. The summed E-state index contributed by atoms with van der Waals surface area (Å²) in [6.07, 6.45) is 3.13. The Morgan fingerprint density at radius 1 is 1.00 bits per heavy atom. The SMILES string of the molecule is Cc1cc(C)n2nc(C(=O)Nc3sc(-c4ccccc4)c(C)c3C(=O)N3CCCCC3)nc2n1. The highest BCUT2D eigenvalue weighted by molar-refractivity contribution is 7.20. The quantitative estimate of drug-likeness (QED) is 0.465. The van der Waals surface area contributed by atoms with E-state index < -0.39 is 5.91 Å². The van der Waals surface area contributed by atoms with E-state index in [2.05, 4.69) is 20.4 Å². The molecule has 4 heterocycles. The van der Waals surface area contributed by atoms with Crippen LogP contribution < -0.4 is 5.32 Å². The van der Waals surface area contributed by atoms with Crippen molar-refractivity contribution in [1.82, 2.24) is 24.5 Å². The minimum absolute atomic E-state index is 0.0184. The number of benzene rings is 1. The fourth-order valence-electron chi connectivity index (χ4n) is 4.40. The molecule has 3 aromatic heterocycles. The average Bonchev–Trinajstić information content (AvgIpc) is 3.41. The lowest BCUT2D eigenvalue weighted by atomic mass is 10.0. The molecule has 1 aliphatic heterocycles. The summed E-state index contributed by atoms with van der Waals surface area (Å²) in [6, 6.07) is 11.8. The molecule has 0 saturated carbocycles. The highest BCUT2D eigenvalue weighted by Gasteiger charge is 2.28. The lowest BCUT2D eigenvalue weighted by molar-refractivity contribution is 0.0725. The normalized spacial score (nSPS) is 13.9. The van der Waals surface area contributed by atoms with Gasteiger partial charge in [0.2, 0.25) is 5.82 Å². The number of likely N-dealkylation sites (tertiary alicyclic amines) is 1. The average molecular weight is 475 g/mol. The van der Waals surface area contributed by atoms with Gasteiger partial charge < -0.3 is 10.2 Å². The maximum absolute atomic E-state index is 13.6. The van der Waals surface area contributed by atoms with Gasteiger partial charge in [-0.25, -0.2) is 9.50 Å². The molecule has 9 heteroatoms. The topological polar surface area (TPSA) is 92.5 Å². The summed E-state index contributed by atoms with van der Waals surface area (Å²) in [7, 11) is 0. The van der Waals surface area contributed by atoms with Crippen molar-refractivity contribution < 1.29 is 9.59 Å². The third-order valence-corrected chi connectivity index (χ3v) is 7.34. The number of aryl methyl sites for hydroxylation is 2. The number of carbonyl (C=O) groups is 2. The molecule has 0 unspecified atom stereocenters. The lowest BCUT2D eigenvalue weighted by Crippen LogP contribution is -2.36. The van der Waals surface area contributed by atoms with Gasteiger partial charge in [-0.15, -0.1) is 16.4 Å². The number of hydrogen-bond donors (Lipinski definition) is 1. The minimum Gasteiger partial charge on any atom is -0.339 e. The molecular weight excluding hydrogens is 448 g/mol. The molecule has 1 aliphatic rings. The van der Waals surface area contributed by atoms with Crippen LogP contribution in [0.2, 0.25) is 0 Å². The van der Waals surface area contributed by atoms with Crippen LogP contribution in [0.4, 0.5) is 5.00 Å². The fourth-order valence-corrected chi connectivity index (χ4v) is 5.60. The van der Waals surface area contributed by atoms with E-state index in [1.165, 1.54) is 11.3 Å². The first-order valence-corrected chi connectivity index (χ1v) is 12.2. The molecule has 0 aliphatic carbocycles. The van der Waals surface area contributed by atoms with Crippen LogP contribution in [0.1, 0.15) is 57.2 Å². The molecule has 1 fully saturated rings. The van der Waals surface area contributed by atoms with Crippen LogP contribution in [0, 0.1) is 20.8 Å². The monoisotopic (exact) mass is 474 g/mol. The molecule has 2 amide bonds. The first-order valence-electron chi connectivity index (χ1n) is 11.4. The number of nitrogens with one attached hydrogen (secondary N) is 1. The zero-order valence-corrected chi connectivity index (χ0v) is 20.3. The Bertz CT molecular complexity index is 1390. The second kappa shape index (κ2) is 8.98. The molecule has 0 bridgehead atoms.